The van der Waals surface area contributed by atoms with E-state index in [0.29, 0.717) is 5.69 Å². The normalized spacial score (nSPS) is 10.7. The molecule has 0 saturated carbocycles. The quantitative estimate of drug-likeness (QED) is 0.636. The van der Waals surface area contributed by atoms with Crippen molar-refractivity contribution in [3.63, 3.8) is 0 Å². The maximum absolute atomic E-state index is 5.71. The SMILES string of the molecule is Nc1ccc(-c2cnc3cc(N)ccc3n2)cc1. The van der Waals surface area contributed by atoms with Gasteiger partial charge < -0.3 is 11.5 Å². The molecule has 0 spiro atoms. The highest BCUT2D eigenvalue weighted by Gasteiger charge is 2.02. The van der Waals surface area contributed by atoms with Gasteiger partial charge in [0.2, 0.25) is 0 Å². The molecular formula is C14H12N4. The molecule has 0 saturated heterocycles. The molecule has 0 radical (unpaired) electrons. The Bertz CT molecular complexity index is 705. The average Bonchev–Trinajstić information content (AvgIpc) is 2.39. The molecule has 2 aromatic carbocycles. The van der Waals surface area contributed by atoms with Crippen molar-refractivity contribution >= 4 is 22.4 Å². The Balaban J connectivity index is 2.13. The summed E-state index contributed by atoms with van der Waals surface area (Å²) in [4.78, 5) is 8.92. The molecule has 4 nitrogen and oxygen atoms in total. The lowest BCUT2D eigenvalue weighted by atomic mass is 10.1. The number of benzene rings is 2. The van der Waals surface area contributed by atoms with Crippen LogP contribution in [0.5, 0.6) is 0 Å². The summed E-state index contributed by atoms with van der Waals surface area (Å²) in [6, 6.07) is 13.1. The van der Waals surface area contributed by atoms with Gasteiger partial charge >= 0.3 is 0 Å². The summed E-state index contributed by atoms with van der Waals surface area (Å²) in [6.07, 6.45) is 1.74. The van der Waals surface area contributed by atoms with E-state index in [-0.39, 0.29) is 0 Å². The van der Waals surface area contributed by atoms with Crippen LogP contribution in [0.15, 0.2) is 48.7 Å². The molecule has 0 aliphatic carbocycles. The number of nitrogen functional groups attached to an aromatic ring is 2. The Hall–Kier alpha value is -2.62. The van der Waals surface area contributed by atoms with Gasteiger partial charge in [0, 0.05) is 16.9 Å². The van der Waals surface area contributed by atoms with Gasteiger partial charge in [-0.2, -0.15) is 0 Å². The lowest BCUT2D eigenvalue weighted by Crippen LogP contribution is -1.91. The van der Waals surface area contributed by atoms with Crippen LogP contribution in [-0.4, -0.2) is 9.97 Å². The zero-order chi connectivity index (χ0) is 12.5. The van der Waals surface area contributed by atoms with Crippen LogP contribution >= 0.6 is 0 Å². The summed E-state index contributed by atoms with van der Waals surface area (Å²) in [5.41, 5.74) is 16.3. The second kappa shape index (κ2) is 4.00. The van der Waals surface area contributed by atoms with Gasteiger partial charge in [0.25, 0.3) is 0 Å². The molecule has 0 amide bonds. The van der Waals surface area contributed by atoms with Gasteiger partial charge in [0.15, 0.2) is 0 Å². The Morgan fingerprint density at radius 2 is 1.50 bits per heavy atom. The van der Waals surface area contributed by atoms with Gasteiger partial charge in [-0.1, -0.05) is 12.1 Å². The van der Waals surface area contributed by atoms with Gasteiger partial charge in [-0.05, 0) is 30.3 Å². The van der Waals surface area contributed by atoms with Gasteiger partial charge in [0.1, 0.15) is 0 Å². The van der Waals surface area contributed by atoms with Crippen molar-refractivity contribution in [1.82, 2.24) is 9.97 Å². The van der Waals surface area contributed by atoms with Crippen molar-refractivity contribution in [3.05, 3.63) is 48.7 Å². The molecule has 3 rings (SSSR count). The summed E-state index contributed by atoms with van der Waals surface area (Å²) < 4.78 is 0. The predicted molar refractivity (Wildman–Crippen MR) is 73.8 cm³/mol. The second-order valence-electron chi connectivity index (χ2n) is 4.13. The van der Waals surface area contributed by atoms with Crippen LogP contribution in [0.25, 0.3) is 22.3 Å². The monoisotopic (exact) mass is 236 g/mol. The first kappa shape index (κ1) is 10.5. The van der Waals surface area contributed by atoms with Gasteiger partial charge in [0.05, 0.1) is 22.9 Å². The molecule has 3 aromatic rings. The fraction of sp³-hybridized carbons (Fsp3) is 0. The van der Waals surface area contributed by atoms with Crippen LogP contribution in [0.2, 0.25) is 0 Å². The van der Waals surface area contributed by atoms with Crippen LogP contribution in [0.4, 0.5) is 11.4 Å². The van der Waals surface area contributed by atoms with Gasteiger partial charge in [-0.15, -0.1) is 0 Å². The van der Waals surface area contributed by atoms with E-state index in [1.807, 2.05) is 42.5 Å². The number of fused-ring (bicyclic) bond motifs is 1. The van der Waals surface area contributed by atoms with Crippen LogP contribution in [0, 0.1) is 0 Å². The van der Waals surface area contributed by atoms with Crippen LogP contribution in [0.3, 0.4) is 0 Å². The van der Waals surface area contributed by atoms with Crippen molar-refractivity contribution < 1.29 is 0 Å². The summed E-state index contributed by atoms with van der Waals surface area (Å²) in [5.74, 6) is 0. The van der Waals surface area contributed by atoms with E-state index >= 15 is 0 Å². The number of rotatable bonds is 1. The third-order valence-electron chi connectivity index (χ3n) is 2.77. The minimum absolute atomic E-state index is 0.692. The maximum Gasteiger partial charge on any atom is 0.0907 e. The largest absolute Gasteiger partial charge is 0.399 e. The molecule has 0 atom stereocenters. The highest BCUT2D eigenvalue weighted by atomic mass is 14.8. The van der Waals surface area contributed by atoms with E-state index in [1.165, 1.54) is 0 Å². The Morgan fingerprint density at radius 3 is 2.28 bits per heavy atom. The Labute approximate surface area is 104 Å². The summed E-state index contributed by atoms with van der Waals surface area (Å²) in [6.45, 7) is 0. The van der Waals surface area contributed by atoms with E-state index in [0.717, 1.165) is 28.0 Å². The Kier molecular flexibility index (Phi) is 2.34. The molecule has 1 aromatic heterocycles. The van der Waals surface area contributed by atoms with Crippen LogP contribution in [0.1, 0.15) is 0 Å². The summed E-state index contributed by atoms with van der Waals surface area (Å²) in [5, 5.41) is 0. The summed E-state index contributed by atoms with van der Waals surface area (Å²) >= 11 is 0. The lowest BCUT2D eigenvalue weighted by molar-refractivity contribution is 1.29. The molecule has 0 aliphatic rings. The summed E-state index contributed by atoms with van der Waals surface area (Å²) in [7, 11) is 0. The van der Waals surface area contributed by atoms with E-state index in [1.54, 1.807) is 6.20 Å². The number of anilines is 2. The topological polar surface area (TPSA) is 77.8 Å². The minimum atomic E-state index is 0.692. The molecule has 88 valence electrons. The third kappa shape index (κ3) is 1.84. The predicted octanol–water partition coefficient (Wildman–Crippen LogP) is 2.46. The molecule has 18 heavy (non-hydrogen) atoms. The minimum Gasteiger partial charge on any atom is -0.399 e. The second-order valence-corrected chi connectivity index (χ2v) is 4.13. The molecular weight excluding hydrogens is 224 g/mol. The van der Waals surface area contributed by atoms with E-state index in [2.05, 4.69) is 9.97 Å². The molecule has 0 fully saturated rings. The van der Waals surface area contributed by atoms with Gasteiger partial charge in [-0.25, -0.2) is 4.98 Å². The third-order valence-corrected chi connectivity index (χ3v) is 2.77. The zero-order valence-electron chi connectivity index (χ0n) is 9.67. The molecule has 1 heterocycles. The molecule has 4 N–H and O–H groups in total. The van der Waals surface area contributed by atoms with E-state index in [4.69, 9.17) is 11.5 Å². The molecule has 0 unspecified atom stereocenters. The maximum atomic E-state index is 5.71. The van der Waals surface area contributed by atoms with Crippen molar-refractivity contribution in [2.45, 2.75) is 0 Å². The van der Waals surface area contributed by atoms with E-state index < -0.39 is 0 Å². The number of nitrogens with two attached hydrogens (primary N) is 2. The number of aromatic nitrogens is 2. The van der Waals surface area contributed by atoms with Crippen LogP contribution in [-0.2, 0) is 0 Å². The lowest BCUT2D eigenvalue weighted by Gasteiger charge is -2.03. The molecule has 4 heteroatoms. The highest BCUT2D eigenvalue weighted by Crippen LogP contribution is 2.21. The first-order valence-corrected chi connectivity index (χ1v) is 5.60. The number of nitrogens with zero attached hydrogens (tertiary/aromatic N) is 2. The Morgan fingerprint density at radius 1 is 0.778 bits per heavy atom. The van der Waals surface area contributed by atoms with Crippen molar-refractivity contribution in [2.75, 3.05) is 11.5 Å². The fourth-order valence-corrected chi connectivity index (χ4v) is 1.82. The van der Waals surface area contributed by atoms with E-state index in [9.17, 15) is 0 Å². The average molecular weight is 236 g/mol. The van der Waals surface area contributed by atoms with Crippen molar-refractivity contribution in [3.8, 4) is 11.3 Å². The van der Waals surface area contributed by atoms with Crippen LogP contribution < -0.4 is 11.5 Å². The zero-order valence-corrected chi connectivity index (χ0v) is 9.67. The van der Waals surface area contributed by atoms with Gasteiger partial charge in [-0.3, -0.25) is 4.98 Å². The molecule has 0 aliphatic heterocycles. The fourth-order valence-electron chi connectivity index (χ4n) is 1.82. The highest BCUT2D eigenvalue weighted by molar-refractivity contribution is 5.80. The number of hydrogen-bond acceptors (Lipinski definition) is 4. The first-order valence-electron chi connectivity index (χ1n) is 5.60. The standard InChI is InChI=1S/C14H12N4/c15-10-3-1-9(2-4-10)14-8-17-13-7-11(16)5-6-12(13)18-14/h1-8H,15-16H2. The first-order chi connectivity index (χ1) is 8.72. The van der Waals surface area contributed by atoms with Crippen molar-refractivity contribution in [2.24, 2.45) is 0 Å². The smallest absolute Gasteiger partial charge is 0.0907 e. The molecule has 0 bridgehead atoms. The van der Waals surface area contributed by atoms with Crippen molar-refractivity contribution in [1.29, 1.82) is 0 Å². The number of hydrogen-bond donors (Lipinski definition) is 2.